The van der Waals surface area contributed by atoms with E-state index in [4.69, 9.17) is 11.6 Å². The van der Waals surface area contributed by atoms with Crippen LogP contribution in [0.15, 0.2) is 6.20 Å². The smallest absolute Gasteiger partial charge is 0.244 e. The predicted octanol–water partition coefficient (Wildman–Crippen LogP) is 1.53. The van der Waals surface area contributed by atoms with Crippen molar-refractivity contribution in [3.05, 3.63) is 16.9 Å². The molecule has 2 rings (SSSR count). The maximum Gasteiger partial charge on any atom is 0.244 e. The van der Waals surface area contributed by atoms with E-state index in [0.717, 1.165) is 25.1 Å². The zero-order valence-corrected chi connectivity index (χ0v) is 13.2. The van der Waals surface area contributed by atoms with Crippen LogP contribution in [0.5, 0.6) is 0 Å². The normalized spacial score (nSPS) is 16.3. The molecule has 1 aromatic rings. The summed E-state index contributed by atoms with van der Waals surface area (Å²) in [6, 6.07) is -0.397. The Hall–Kier alpha value is -1.56. The lowest BCUT2D eigenvalue weighted by Crippen LogP contribution is -2.34. The molecule has 1 saturated heterocycles. The highest BCUT2D eigenvalue weighted by molar-refractivity contribution is 6.31. The van der Waals surface area contributed by atoms with E-state index < -0.39 is 6.04 Å². The Bertz CT molecular complexity index is 529. The molecule has 0 bridgehead atoms. The molecule has 2 amide bonds. The number of aromatic nitrogens is 2. The van der Waals surface area contributed by atoms with E-state index in [2.05, 4.69) is 10.4 Å². The van der Waals surface area contributed by atoms with E-state index in [1.807, 2.05) is 11.8 Å². The number of hydrogen-bond acceptors (Lipinski definition) is 3. The van der Waals surface area contributed by atoms with Crippen LogP contribution in [-0.4, -0.2) is 46.1 Å². The molecule has 0 spiro atoms. The number of likely N-dealkylation sites (tertiary alicyclic amines) is 1. The van der Waals surface area contributed by atoms with Crippen molar-refractivity contribution in [1.82, 2.24) is 20.0 Å². The van der Waals surface area contributed by atoms with Gasteiger partial charge in [-0.1, -0.05) is 11.6 Å². The third kappa shape index (κ3) is 3.75. The van der Waals surface area contributed by atoms with Gasteiger partial charge < -0.3 is 10.2 Å². The minimum absolute atomic E-state index is 0.0920. The second kappa shape index (κ2) is 6.93. The molecule has 116 valence electrons. The number of nitrogens with one attached hydrogen (secondary N) is 1. The molecular weight excluding hydrogens is 292 g/mol. The first-order valence-electron chi connectivity index (χ1n) is 7.26. The van der Waals surface area contributed by atoms with Crippen molar-refractivity contribution in [3.8, 4) is 0 Å². The van der Waals surface area contributed by atoms with Gasteiger partial charge in [0.2, 0.25) is 11.8 Å². The van der Waals surface area contributed by atoms with Gasteiger partial charge in [-0.05, 0) is 26.7 Å². The molecule has 0 unspecified atom stereocenters. The van der Waals surface area contributed by atoms with Crippen LogP contribution in [0.1, 0.15) is 37.9 Å². The predicted molar refractivity (Wildman–Crippen MR) is 80.1 cm³/mol. The summed E-state index contributed by atoms with van der Waals surface area (Å²) in [7, 11) is 0. The van der Waals surface area contributed by atoms with Gasteiger partial charge in [-0.15, -0.1) is 0 Å². The van der Waals surface area contributed by atoms with Crippen molar-refractivity contribution in [2.75, 3.05) is 19.6 Å². The Morgan fingerprint density at radius 2 is 2.33 bits per heavy atom. The monoisotopic (exact) mass is 312 g/mol. The molecule has 1 aliphatic rings. The first-order valence-corrected chi connectivity index (χ1v) is 7.63. The van der Waals surface area contributed by atoms with Crippen LogP contribution in [0.4, 0.5) is 0 Å². The summed E-state index contributed by atoms with van der Waals surface area (Å²) in [6.07, 6.45) is 3.91. The number of hydrogen-bond donors (Lipinski definition) is 1. The molecule has 0 radical (unpaired) electrons. The van der Waals surface area contributed by atoms with Crippen molar-refractivity contribution in [2.45, 2.75) is 39.2 Å². The average Bonchev–Trinajstić information content (AvgIpc) is 3.01. The number of rotatable bonds is 6. The highest BCUT2D eigenvalue weighted by Crippen LogP contribution is 2.17. The molecule has 1 N–H and O–H groups in total. The number of carbonyl (C=O) groups is 2. The van der Waals surface area contributed by atoms with Gasteiger partial charge in [-0.3, -0.25) is 14.3 Å². The van der Waals surface area contributed by atoms with E-state index in [1.54, 1.807) is 17.8 Å². The second-order valence-electron chi connectivity index (χ2n) is 5.33. The Balaban J connectivity index is 1.74. The van der Waals surface area contributed by atoms with Crippen LogP contribution in [0, 0.1) is 6.92 Å². The van der Waals surface area contributed by atoms with Gasteiger partial charge in [-0.25, -0.2) is 0 Å². The van der Waals surface area contributed by atoms with Gasteiger partial charge in [0.1, 0.15) is 6.04 Å². The number of halogens is 1. The highest BCUT2D eigenvalue weighted by atomic mass is 35.5. The molecule has 1 fully saturated rings. The Labute approximate surface area is 129 Å². The van der Waals surface area contributed by atoms with Gasteiger partial charge in [-0.2, -0.15) is 5.10 Å². The molecule has 1 aliphatic heterocycles. The maximum atomic E-state index is 12.1. The minimum Gasteiger partial charge on any atom is -0.354 e. The first kappa shape index (κ1) is 15.8. The summed E-state index contributed by atoms with van der Waals surface area (Å²) >= 11 is 5.94. The second-order valence-corrected chi connectivity index (χ2v) is 5.73. The van der Waals surface area contributed by atoms with Crippen molar-refractivity contribution < 1.29 is 9.59 Å². The zero-order chi connectivity index (χ0) is 15.4. The molecule has 0 saturated carbocycles. The zero-order valence-electron chi connectivity index (χ0n) is 12.4. The molecule has 1 aromatic heterocycles. The molecule has 2 heterocycles. The summed E-state index contributed by atoms with van der Waals surface area (Å²) in [5.41, 5.74) is 0.780. The van der Waals surface area contributed by atoms with Crippen LogP contribution in [0.2, 0.25) is 5.02 Å². The van der Waals surface area contributed by atoms with Gasteiger partial charge >= 0.3 is 0 Å². The van der Waals surface area contributed by atoms with Gasteiger partial charge in [0.15, 0.2) is 0 Å². The average molecular weight is 313 g/mol. The SMILES string of the molecule is Cc1c(Cl)cnn1[C@H](C)C(=O)NCCCN1CCCC1=O. The Kier molecular flexibility index (Phi) is 5.22. The topological polar surface area (TPSA) is 67.2 Å². The number of carbonyl (C=O) groups excluding carboxylic acids is 2. The fraction of sp³-hybridized carbons (Fsp3) is 0.643. The van der Waals surface area contributed by atoms with Crippen LogP contribution < -0.4 is 5.32 Å². The highest BCUT2D eigenvalue weighted by Gasteiger charge is 2.20. The minimum atomic E-state index is -0.397. The summed E-state index contributed by atoms with van der Waals surface area (Å²) in [5, 5.41) is 7.54. The summed E-state index contributed by atoms with van der Waals surface area (Å²) in [5.74, 6) is 0.127. The fourth-order valence-electron chi connectivity index (χ4n) is 2.47. The van der Waals surface area contributed by atoms with Gasteiger partial charge in [0.25, 0.3) is 0 Å². The number of amides is 2. The maximum absolute atomic E-state index is 12.1. The fourth-order valence-corrected chi connectivity index (χ4v) is 2.60. The van der Waals surface area contributed by atoms with E-state index in [-0.39, 0.29) is 11.8 Å². The van der Waals surface area contributed by atoms with Crippen LogP contribution in [-0.2, 0) is 9.59 Å². The number of nitrogens with zero attached hydrogens (tertiary/aromatic N) is 3. The third-order valence-corrected chi connectivity index (χ3v) is 4.18. The standard InChI is InChI=1S/C14H21ClN4O2/c1-10-12(15)9-17-19(10)11(2)14(21)16-6-4-8-18-7-3-5-13(18)20/h9,11H,3-8H2,1-2H3,(H,16,21)/t11-/m1/s1. The molecular formula is C14H21ClN4O2. The quantitative estimate of drug-likeness (QED) is 0.810. The van der Waals surface area contributed by atoms with E-state index in [0.29, 0.717) is 24.5 Å². The molecule has 7 heteroatoms. The first-order chi connectivity index (χ1) is 10.0. The lowest BCUT2D eigenvalue weighted by molar-refractivity contribution is -0.127. The Morgan fingerprint density at radius 3 is 2.90 bits per heavy atom. The van der Waals surface area contributed by atoms with Crippen LogP contribution in [0.25, 0.3) is 0 Å². The summed E-state index contributed by atoms with van der Waals surface area (Å²) in [4.78, 5) is 25.4. The Morgan fingerprint density at radius 1 is 1.57 bits per heavy atom. The third-order valence-electron chi connectivity index (χ3n) is 3.81. The molecule has 21 heavy (non-hydrogen) atoms. The molecule has 6 nitrogen and oxygen atoms in total. The van der Waals surface area contributed by atoms with Crippen molar-refractivity contribution in [1.29, 1.82) is 0 Å². The molecule has 1 atom stereocenters. The summed E-state index contributed by atoms with van der Waals surface area (Å²) in [6.45, 7) is 5.73. The largest absolute Gasteiger partial charge is 0.354 e. The van der Waals surface area contributed by atoms with Crippen molar-refractivity contribution in [3.63, 3.8) is 0 Å². The van der Waals surface area contributed by atoms with Crippen LogP contribution in [0.3, 0.4) is 0 Å². The van der Waals surface area contributed by atoms with E-state index in [1.165, 1.54) is 0 Å². The molecule has 0 aromatic carbocycles. The lowest BCUT2D eigenvalue weighted by atomic mass is 10.3. The lowest BCUT2D eigenvalue weighted by Gasteiger charge is -2.17. The van der Waals surface area contributed by atoms with Crippen molar-refractivity contribution in [2.24, 2.45) is 0 Å². The molecule has 0 aliphatic carbocycles. The van der Waals surface area contributed by atoms with Crippen molar-refractivity contribution >= 4 is 23.4 Å². The summed E-state index contributed by atoms with van der Waals surface area (Å²) < 4.78 is 1.61. The van der Waals surface area contributed by atoms with E-state index in [9.17, 15) is 9.59 Å². The van der Waals surface area contributed by atoms with E-state index >= 15 is 0 Å². The van der Waals surface area contributed by atoms with Gasteiger partial charge in [0, 0.05) is 26.1 Å². The van der Waals surface area contributed by atoms with Crippen LogP contribution >= 0.6 is 11.6 Å². The van der Waals surface area contributed by atoms with Gasteiger partial charge in [0.05, 0.1) is 16.9 Å².